The summed E-state index contributed by atoms with van der Waals surface area (Å²) < 4.78 is 7.04. The van der Waals surface area contributed by atoms with E-state index in [1.807, 2.05) is 38.1 Å². The van der Waals surface area contributed by atoms with Crippen LogP contribution in [0.4, 0.5) is 0 Å². The summed E-state index contributed by atoms with van der Waals surface area (Å²) in [5.74, 6) is 0.639. The van der Waals surface area contributed by atoms with E-state index in [1.54, 1.807) is 29.1 Å². The number of carbonyl (C=O) groups is 1. The zero-order chi connectivity index (χ0) is 17.3. The minimum atomic E-state index is -0.523. The monoisotopic (exact) mass is 329 g/mol. The number of aromatic nitrogens is 2. The second-order valence-electron chi connectivity index (χ2n) is 6.44. The standard InChI is InChI=1S/C18H23N3O3/c1-12(2)21-10-14(9-19-21)18(23)20-11-15(22)8-17(20)13-5-4-6-16(7-13)24-3/h4-7,9-10,12,15,17,22H,8,11H2,1-3H3/t15-,17+/m1/s1. The predicted molar refractivity (Wildman–Crippen MR) is 90.0 cm³/mol. The molecule has 24 heavy (non-hydrogen) atoms. The van der Waals surface area contributed by atoms with E-state index >= 15 is 0 Å². The molecule has 0 unspecified atom stereocenters. The number of amides is 1. The van der Waals surface area contributed by atoms with Gasteiger partial charge < -0.3 is 14.7 Å². The molecule has 6 nitrogen and oxygen atoms in total. The van der Waals surface area contributed by atoms with Gasteiger partial charge in [-0.2, -0.15) is 5.10 Å². The van der Waals surface area contributed by atoms with Gasteiger partial charge in [0.05, 0.1) is 31.0 Å². The number of nitrogens with zero attached hydrogens (tertiary/aromatic N) is 3. The van der Waals surface area contributed by atoms with E-state index in [0.29, 0.717) is 18.5 Å². The van der Waals surface area contributed by atoms with E-state index in [1.165, 1.54) is 0 Å². The van der Waals surface area contributed by atoms with E-state index in [9.17, 15) is 9.90 Å². The Hall–Kier alpha value is -2.34. The summed E-state index contributed by atoms with van der Waals surface area (Å²) in [6.45, 7) is 4.35. The Morgan fingerprint density at radius 2 is 2.21 bits per heavy atom. The van der Waals surface area contributed by atoms with Gasteiger partial charge in [-0.3, -0.25) is 9.48 Å². The Morgan fingerprint density at radius 3 is 2.88 bits per heavy atom. The van der Waals surface area contributed by atoms with Crippen LogP contribution < -0.4 is 4.74 Å². The van der Waals surface area contributed by atoms with E-state index in [4.69, 9.17) is 4.74 Å². The van der Waals surface area contributed by atoms with E-state index in [-0.39, 0.29) is 18.0 Å². The highest BCUT2D eigenvalue weighted by Crippen LogP contribution is 2.34. The first kappa shape index (κ1) is 16.5. The molecule has 0 bridgehead atoms. The Kier molecular flexibility index (Phi) is 4.57. The first-order chi connectivity index (χ1) is 11.5. The second kappa shape index (κ2) is 6.65. The first-order valence-corrected chi connectivity index (χ1v) is 8.16. The van der Waals surface area contributed by atoms with Crippen molar-refractivity contribution in [2.75, 3.05) is 13.7 Å². The summed E-state index contributed by atoms with van der Waals surface area (Å²) >= 11 is 0. The van der Waals surface area contributed by atoms with Crippen LogP contribution in [0.3, 0.4) is 0 Å². The molecule has 0 aliphatic carbocycles. The maximum Gasteiger partial charge on any atom is 0.257 e. The molecule has 2 aromatic rings. The number of hydrogen-bond donors (Lipinski definition) is 1. The maximum atomic E-state index is 12.9. The molecule has 1 amide bonds. The summed E-state index contributed by atoms with van der Waals surface area (Å²) in [5.41, 5.74) is 1.51. The average Bonchev–Trinajstić information content (AvgIpc) is 3.21. The van der Waals surface area contributed by atoms with Crippen LogP contribution in [0.1, 0.15) is 48.3 Å². The van der Waals surface area contributed by atoms with Crippen molar-refractivity contribution in [2.45, 2.75) is 38.5 Å². The van der Waals surface area contributed by atoms with Crippen LogP contribution in [0.2, 0.25) is 0 Å². The minimum Gasteiger partial charge on any atom is -0.497 e. The van der Waals surface area contributed by atoms with Gasteiger partial charge in [-0.15, -0.1) is 0 Å². The lowest BCUT2D eigenvalue weighted by Crippen LogP contribution is -2.31. The number of β-amino-alcohol motifs (C(OH)–C–C–N with tert-alkyl or cyclic N) is 1. The smallest absolute Gasteiger partial charge is 0.257 e. The number of ether oxygens (including phenoxy) is 1. The van der Waals surface area contributed by atoms with Crippen LogP contribution in [-0.2, 0) is 0 Å². The number of carbonyl (C=O) groups excluding carboxylic acids is 1. The fourth-order valence-electron chi connectivity index (χ4n) is 3.10. The average molecular weight is 329 g/mol. The highest BCUT2D eigenvalue weighted by Gasteiger charge is 2.36. The fourth-order valence-corrected chi connectivity index (χ4v) is 3.10. The van der Waals surface area contributed by atoms with Crippen molar-refractivity contribution in [3.8, 4) is 5.75 Å². The zero-order valence-electron chi connectivity index (χ0n) is 14.2. The quantitative estimate of drug-likeness (QED) is 0.935. The van der Waals surface area contributed by atoms with E-state index < -0.39 is 6.10 Å². The van der Waals surface area contributed by atoms with Gasteiger partial charge in [-0.25, -0.2) is 0 Å². The second-order valence-corrected chi connectivity index (χ2v) is 6.44. The number of benzene rings is 1. The lowest BCUT2D eigenvalue weighted by atomic mass is 10.0. The van der Waals surface area contributed by atoms with Gasteiger partial charge in [0.25, 0.3) is 5.91 Å². The van der Waals surface area contributed by atoms with Gasteiger partial charge in [-0.1, -0.05) is 12.1 Å². The van der Waals surface area contributed by atoms with Gasteiger partial charge in [0, 0.05) is 18.8 Å². The van der Waals surface area contributed by atoms with Crippen molar-refractivity contribution in [3.05, 3.63) is 47.8 Å². The molecule has 1 aromatic heterocycles. The molecule has 0 radical (unpaired) electrons. The molecule has 1 aliphatic heterocycles. The van der Waals surface area contributed by atoms with E-state index in [2.05, 4.69) is 5.10 Å². The molecular weight excluding hydrogens is 306 g/mol. The fraction of sp³-hybridized carbons (Fsp3) is 0.444. The predicted octanol–water partition coefficient (Wildman–Crippen LogP) is 2.42. The molecule has 0 spiro atoms. The van der Waals surface area contributed by atoms with Crippen molar-refractivity contribution in [2.24, 2.45) is 0 Å². The third-order valence-corrected chi connectivity index (χ3v) is 4.40. The molecule has 1 saturated heterocycles. The molecule has 2 heterocycles. The molecule has 1 aromatic carbocycles. The maximum absolute atomic E-state index is 12.9. The molecule has 2 atom stereocenters. The van der Waals surface area contributed by atoms with Crippen LogP contribution in [0.25, 0.3) is 0 Å². The van der Waals surface area contributed by atoms with Crippen molar-refractivity contribution in [1.82, 2.24) is 14.7 Å². The van der Waals surface area contributed by atoms with Crippen LogP contribution in [0.5, 0.6) is 5.75 Å². The third-order valence-electron chi connectivity index (χ3n) is 4.40. The molecule has 1 aliphatic rings. The molecule has 128 valence electrons. The minimum absolute atomic E-state index is 0.105. The number of aliphatic hydroxyl groups is 1. The van der Waals surface area contributed by atoms with Gasteiger partial charge in [-0.05, 0) is 38.0 Å². The van der Waals surface area contributed by atoms with Crippen molar-refractivity contribution < 1.29 is 14.6 Å². The highest BCUT2D eigenvalue weighted by atomic mass is 16.5. The third kappa shape index (κ3) is 3.14. The Balaban J connectivity index is 1.87. The molecule has 1 fully saturated rings. The van der Waals surface area contributed by atoms with Crippen LogP contribution >= 0.6 is 0 Å². The summed E-state index contributed by atoms with van der Waals surface area (Å²) in [4.78, 5) is 14.6. The van der Waals surface area contributed by atoms with Gasteiger partial charge in [0.15, 0.2) is 0 Å². The Bertz CT molecular complexity index is 726. The van der Waals surface area contributed by atoms with Crippen molar-refractivity contribution >= 4 is 5.91 Å². The van der Waals surface area contributed by atoms with Crippen LogP contribution in [-0.4, -0.2) is 45.5 Å². The number of methoxy groups -OCH3 is 1. The summed E-state index contributed by atoms with van der Waals surface area (Å²) in [5, 5.41) is 14.3. The van der Waals surface area contributed by atoms with Crippen LogP contribution in [0, 0.1) is 0 Å². The van der Waals surface area contributed by atoms with Crippen LogP contribution in [0.15, 0.2) is 36.7 Å². The summed E-state index contributed by atoms with van der Waals surface area (Å²) in [7, 11) is 1.62. The van der Waals surface area contributed by atoms with Gasteiger partial charge in [0.2, 0.25) is 0 Å². The molecule has 1 N–H and O–H groups in total. The molecule has 3 rings (SSSR count). The topological polar surface area (TPSA) is 67.6 Å². The SMILES string of the molecule is COc1cccc([C@@H]2C[C@@H](O)CN2C(=O)c2cnn(C(C)C)c2)c1. The zero-order valence-corrected chi connectivity index (χ0v) is 14.2. The first-order valence-electron chi connectivity index (χ1n) is 8.16. The largest absolute Gasteiger partial charge is 0.497 e. The lowest BCUT2D eigenvalue weighted by molar-refractivity contribution is 0.0715. The van der Waals surface area contributed by atoms with Gasteiger partial charge in [0.1, 0.15) is 5.75 Å². The van der Waals surface area contributed by atoms with Crippen molar-refractivity contribution in [1.29, 1.82) is 0 Å². The summed E-state index contributed by atoms with van der Waals surface area (Å²) in [6, 6.07) is 7.69. The number of rotatable bonds is 4. The van der Waals surface area contributed by atoms with E-state index in [0.717, 1.165) is 11.3 Å². The Labute approximate surface area is 141 Å². The molecule has 0 saturated carbocycles. The lowest BCUT2D eigenvalue weighted by Gasteiger charge is -2.24. The molecule has 6 heteroatoms. The Morgan fingerprint density at radius 1 is 1.42 bits per heavy atom. The normalized spacial score (nSPS) is 20.6. The molecular formula is C18H23N3O3. The van der Waals surface area contributed by atoms with Crippen molar-refractivity contribution in [3.63, 3.8) is 0 Å². The number of likely N-dealkylation sites (tertiary alicyclic amines) is 1. The van der Waals surface area contributed by atoms with Gasteiger partial charge >= 0.3 is 0 Å². The summed E-state index contributed by atoms with van der Waals surface area (Å²) in [6.07, 6.45) is 3.36. The highest BCUT2D eigenvalue weighted by molar-refractivity contribution is 5.94. The number of hydrogen-bond acceptors (Lipinski definition) is 4. The number of aliphatic hydroxyl groups excluding tert-OH is 1.